The second-order valence-corrected chi connectivity index (χ2v) is 4.67. The van der Waals surface area contributed by atoms with E-state index >= 15 is 0 Å². The van der Waals surface area contributed by atoms with Gasteiger partial charge in [-0.3, -0.25) is 4.79 Å². The Labute approximate surface area is 127 Å². The lowest BCUT2D eigenvalue weighted by atomic mass is 9.80. The molecular weight excluding hydrogens is 287 g/mol. The van der Waals surface area contributed by atoms with Gasteiger partial charge in [0.25, 0.3) is 0 Å². The van der Waals surface area contributed by atoms with Crippen molar-refractivity contribution in [3.05, 3.63) is 47.8 Å². The minimum absolute atomic E-state index is 0.342. The van der Waals surface area contributed by atoms with Gasteiger partial charge >= 0.3 is 7.12 Å². The maximum Gasteiger partial charge on any atom is 0.488 e. The van der Waals surface area contributed by atoms with E-state index in [2.05, 4.69) is 21.5 Å². The summed E-state index contributed by atoms with van der Waals surface area (Å²) in [5.74, 6) is -0.342. The summed E-state index contributed by atoms with van der Waals surface area (Å²) in [4.78, 5) is 11.8. The molecule has 0 spiro atoms. The molecule has 7 N–H and O–H groups in total. The first kappa shape index (κ1) is 16.1. The Balaban J connectivity index is 1.95. The first-order chi connectivity index (χ1) is 10.5. The molecule has 0 fully saturated rings. The summed E-state index contributed by atoms with van der Waals surface area (Å²) >= 11 is 0. The van der Waals surface area contributed by atoms with Crippen LogP contribution >= 0.6 is 0 Å². The third-order valence-electron chi connectivity index (χ3n) is 2.98. The minimum Gasteiger partial charge on any atom is -0.423 e. The molecule has 1 atom stereocenters. The summed E-state index contributed by atoms with van der Waals surface area (Å²) < 4.78 is 0. The molecule has 1 aromatic rings. The van der Waals surface area contributed by atoms with Crippen LogP contribution in [0.2, 0.25) is 0 Å². The number of allylic oxidation sites excluding steroid dienone is 2. The predicted molar refractivity (Wildman–Crippen MR) is 82.2 cm³/mol. The number of anilines is 1. The Kier molecular flexibility index (Phi) is 5.18. The normalized spacial score (nSPS) is 17.9. The van der Waals surface area contributed by atoms with E-state index in [0.29, 0.717) is 22.5 Å². The largest absolute Gasteiger partial charge is 0.488 e. The molecule has 1 heterocycles. The number of rotatable bonds is 4. The number of nitrogens with one attached hydrogen (secondary N) is 4. The average Bonchev–Trinajstić information content (AvgIpc) is 2.47. The number of benzene rings is 1. The fraction of sp³-hybridized carbons (Fsp3) is 0.154. The SMILES string of the molecule is CC1=C(/C=C/C(=O)Nc2ccc(B(O)O)cc2)NNC(O)N1. The molecule has 0 saturated carbocycles. The van der Waals surface area contributed by atoms with Crippen LogP contribution in [0.15, 0.2) is 47.8 Å². The van der Waals surface area contributed by atoms with E-state index in [1.165, 1.54) is 18.2 Å². The molecule has 0 saturated heterocycles. The van der Waals surface area contributed by atoms with E-state index in [1.807, 2.05) is 0 Å². The number of amides is 1. The van der Waals surface area contributed by atoms with E-state index in [9.17, 15) is 9.90 Å². The van der Waals surface area contributed by atoms with Gasteiger partial charge < -0.3 is 31.2 Å². The van der Waals surface area contributed by atoms with Crippen LogP contribution in [0.5, 0.6) is 0 Å². The number of aliphatic hydroxyl groups is 1. The fourth-order valence-corrected chi connectivity index (χ4v) is 1.81. The maximum atomic E-state index is 11.8. The van der Waals surface area contributed by atoms with Gasteiger partial charge in [-0.1, -0.05) is 12.1 Å². The molecule has 1 aliphatic heterocycles. The number of carbonyl (C=O) groups excluding carboxylic acids is 1. The number of aliphatic hydroxyl groups excluding tert-OH is 1. The smallest absolute Gasteiger partial charge is 0.423 e. The highest BCUT2D eigenvalue weighted by atomic mass is 16.4. The molecule has 1 aliphatic rings. The van der Waals surface area contributed by atoms with E-state index < -0.39 is 13.5 Å². The van der Waals surface area contributed by atoms with Crippen molar-refractivity contribution in [1.82, 2.24) is 16.2 Å². The highest BCUT2D eigenvalue weighted by molar-refractivity contribution is 6.58. The summed E-state index contributed by atoms with van der Waals surface area (Å²) in [5, 5.41) is 32.6. The zero-order valence-electron chi connectivity index (χ0n) is 11.9. The molecule has 1 aromatic carbocycles. The van der Waals surface area contributed by atoms with Gasteiger partial charge in [-0.25, -0.2) is 0 Å². The molecule has 1 unspecified atom stereocenters. The summed E-state index contributed by atoms with van der Waals surface area (Å²) in [5.41, 5.74) is 7.51. The fourth-order valence-electron chi connectivity index (χ4n) is 1.81. The third kappa shape index (κ3) is 4.33. The van der Waals surface area contributed by atoms with Crippen molar-refractivity contribution in [2.24, 2.45) is 0 Å². The average molecular weight is 304 g/mol. The van der Waals surface area contributed by atoms with Gasteiger partial charge in [-0.2, -0.15) is 5.43 Å². The second kappa shape index (κ2) is 7.10. The molecule has 9 heteroatoms. The Morgan fingerprint density at radius 2 is 2.00 bits per heavy atom. The number of hydrogen-bond acceptors (Lipinski definition) is 7. The van der Waals surface area contributed by atoms with Crippen LogP contribution in [-0.4, -0.2) is 34.5 Å². The van der Waals surface area contributed by atoms with E-state index in [-0.39, 0.29) is 5.91 Å². The quantitative estimate of drug-likeness (QED) is 0.255. The van der Waals surface area contributed by atoms with Crippen molar-refractivity contribution in [3.63, 3.8) is 0 Å². The second-order valence-electron chi connectivity index (χ2n) is 4.67. The maximum absolute atomic E-state index is 11.8. The van der Waals surface area contributed by atoms with E-state index in [1.54, 1.807) is 25.1 Å². The van der Waals surface area contributed by atoms with Gasteiger partial charge in [-0.15, -0.1) is 0 Å². The summed E-state index contributed by atoms with van der Waals surface area (Å²) in [6, 6.07) is 6.16. The highest BCUT2D eigenvalue weighted by Gasteiger charge is 2.12. The lowest BCUT2D eigenvalue weighted by Crippen LogP contribution is -2.52. The highest BCUT2D eigenvalue weighted by Crippen LogP contribution is 2.06. The van der Waals surface area contributed by atoms with Crippen molar-refractivity contribution in [1.29, 1.82) is 0 Å². The molecule has 116 valence electrons. The van der Waals surface area contributed by atoms with Crippen molar-refractivity contribution >= 4 is 24.2 Å². The van der Waals surface area contributed by atoms with Gasteiger partial charge in [0, 0.05) is 17.5 Å². The monoisotopic (exact) mass is 304 g/mol. The Hall–Kier alpha value is -2.33. The van der Waals surface area contributed by atoms with Gasteiger partial charge in [-0.05, 0) is 30.6 Å². The predicted octanol–water partition coefficient (Wildman–Crippen LogP) is -1.93. The van der Waals surface area contributed by atoms with E-state index in [0.717, 1.165) is 0 Å². The van der Waals surface area contributed by atoms with Crippen LogP contribution in [0.3, 0.4) is 0 Å². The van der Waals surface area contributed by atoms with Gasteiger partial charge in [0.15, 0.2) is 6.35 Å². The Morgan fingerprint density at radius 3 is 2.59 bits per heavy atom. The molecule has 2 rings (SSSR count). The molecule has 0 aliphatic carbocycles. The lowest BCUT2D eigenvalue weighted by molar-refractivity contribution is -0.111. The third-order valence-corrected chi connectivity index (χ3v) is 2.98. The number of carbonyl (C=O) groups is 1. The first-order valence-corrected chi connectivity index (χ1v) is 6.58. The van der Waals surface area contributed by atoms with Crippen LogP contribution in [0.1, 0.15) is 6.92 Å². The number of hydrogen-bond donors (Lipinski definition) is 7. The topological polar surface area (TPSA) is 126 Å². The zero-order chi connectivity index (χ0) is 16.1. The molecule has 0 aromatic heterocycles. The number of hydrazine groups is 1. The molecular formula is C13H17BN4O4. The molecule has 0 radical (unpaired) electrons. The van der Waals surface area contributed by atoms with Crippen molar-refractivity contribution in [2.75, 3.05) is 5.32 Å². The van der Waals surface area contributed by atoms with Crippen molar-refractivity contribution < 1.29 is 19.9 Å². The minimum atomic E-state index is -1.53. The van der Waals surface area contributed by atoms with Crippen molar-refractivity contribution in [2.45, 2.75) is 13.3 Å². The van der Waals surface area contributed by atoms with Crippen LogP contribution in [0.25, 0.3) is 0 Å². The summed E-state index contributed by atoms with van der Waals surface area (Å²) in [7, 11) is -1.53. The Morgan fingerprint density at radius 1 is 1.32 bits per heavy atom. The van der Waals surface area contributed by atoms with E-state index in [4.69, 9.17) is 10.0 Å². The molecule has 22 heavy (non-hydrogen) atoms. The van der Waals surface area contributed by atoms with Crippen molar-refractivity contribution in [3.8, 4) is 0 Å². The van der Waals surface area contributed by atoms with Crippen LogP contribution in [0, 0.1) is 0 Å². The molecule has 8 nitrogen and oxygen atoms in total. The lowest BCUT2D eigenvalue weighted by Gasteiger charge is -2.25. The Bertz CT molecular complexity index is 601. The van der Waals surface area contributed by atoms with Gasteiger partial charge in [0.1, 0.15) is 0 Å². The van der Waals surface area contributed by atoms with Gasteiger partial charge in [0.2, 0.25) is 5.91 Å². The summed E-state index contributed by atoms with van der Waals surface area (Å²) in [6.45, 7) is 1.76. The zero-order valence-corrected chi connectivity index (χ0v) is 11.9. The first-order valence-electron chi connectivity index (χ1n) is 6.58. The standard InChI is InChI=1S/C13H17BN4O4/c1-8-11(17-18-13(20)15-8)6-7-12(19)16-10-4-2-9(3-5-10)14(21)22/h2-7,13,15,17-18,20-22H,1H3,(H,16,19)/b7-6+. The van der Waals surface area contributed by atoms with Gasteiger partial charge in [0.05, 0.1) is 5.70 Å². The van der Waals surface area contributed by atoms with Crippen LogP contribution < -0.4 is 26.9 Å². The summed E-state index contributed by atoms with van der Waals surface area (Å²) in [6.07, 6.45) is 2.01. The molecule has 1 amide bonds. The van der Waals surface area contributed by atoms with Crippen LogP contribution in [-0.2, 0) is 4.79 Å². The van der Waals surface area contributed by atoms with Crippen LogP contribution in [0.4, 0.5) is 5.69 Å². The molecule has 0 bridgehead atoms.